The van der Waals surface area contributed by atoms with Gasteiger partial charge in [-0.15, -0.1) is 0 Å². The van der Waals surface area contributed by atoms with E-state index >= 15 is 0 Å². The molecule has 4 rings (SSSR count). The van der Waals surface area contributed by atoms with Crippen LogP contribution in [0.15, 0.2) is 48.8 Å². The minimum Gasteiger partial charge on any atom is -0.489 e. The molecule has 2 aromatic heterocycles. The van der Waals surface area contributed by atoms with Gasteiger partial charge < -0.3 is 10.1 Å². The van der Waals surface area contributed by atoms with Crippen molar-refractivity contribution in [1.82, 2.24) is 15.0 Å². The Morgan fingerprint density at radius 1 is 1.32 bits per heavy atom. The van der Waals surface area contributed by atoms with Gasteiger partial charge in [0.1, 0.15) is 11.6 Å². The van der Waals surface area contributed by atoms with E-state index < -0.39 is 6.43 Å². The van der Waals surface area contributed by atoms with Crippen molar-refractivity contribution in [2.45, 2.75) is 33.1 Å². The van der Waals surface area contributed by atoms with E-state index in [1.165, 1.54) is 18.3 Å². The maximum atomic E-state index is 13.0. The van der Waals surface area contributed by atoms with Gasteiger partial charge in [0.05, 0.1) is 18.5 Å². The summed E-state index contributed by atoms with van der Waals surface area (Å²) in [5, 5.41) is 2.70. The Hall–Kier alpha value is -3.16. The van der Waals surface area contributed by atoms with E-state index in [1.54, 1.807) is 6.20 Å². The van der Waals surface area contributed by atoms with Crippen LogP contribution in [0, 0.1) is 31.1 Å². The Balaban J connectivity index is 1.50. The number of allylic oxidation sites excluding steroid dienone is 4. The number of amides is 1. The van der Waals surface area contributed by atoms with Gasteiger partial charge in [0.2, 0.25) is 5.91 Å². The van der Waals surface area contributed by atoms with Gasteiger partial charge >= 0.3 is 0 Å². The van der Waals surface area contributed by atoms with Crippen LogP contribution in [0.4, 0.5) is 14.6 Å². The molecule has 0 radical (unpaired) electrons. The summed E-state index contributed by atoms with van der Waals surface area (Å²) in [6.45, 7) is 4.01. The van der Waals surface area contributed by atoms with Gasteiger partial charge in [0.15, 0.2) is 5.75 Å². The number of aryl methyl sites for hydroxylation is 2. The standard InChI is InChI=1S/C23H24F2N4O2/c1-14-19(12-27-15(2)28-14)31-13-23(17-6-4-3-5-7-17)11-18(23)22(30)29-20-10-16(21(24)25)8-9-26-20/h3-6,8-10,12,17-18,21H,7,11,13H2,1-2H3,(H,26,29,30)/t17?,18-,23+/m0/s1. The molecule has 1 amide bonds. The number of alkyl halides is 2. The first kappa shape index (κ1) is 21.1. The third-order valence-corrected chi connectivity index (χ3v) is 5.99. The van der Waals surface area contributed by atoms with Crippen LogP contribution in [-0.4, -0.2) is 27.5 Å². The minimum atomic E-state index is -2.62. The fourth-order valence-electron chi connectivity index (χ4n) is 4.15. The number of halogens is 2. The number of nitrogens with one attached hydrogen (secondary N) is 1. The van der Waals surface area contributed by atoms with Gasteiger partial charge in [-0.25, -0.2) is 23.7 Å². The molecule has 1 unspecified atom stereocenters. The summed E-state index contributed by atoms with van der Waals surface area (Å²) in [4.78, 5) is 25.5. The second-order valence-electron chi connectivity index (χ2n) is 8.07. The lowest BCUT2D eigenvalue weighted by Crippen LogP contribution is -2.29. The molecule has 0 aliphatic heterocycles. The molecule has 2 heterocycles. The second-order valence-corrected chi connectivity index (χ2v) is 8.07. The number of carbonyl (C=O) groups is 1. The average molecular weight is 426 g/mol. The molecule has 8 heteroatoms. The monoisotopic (exact) mass is 426 g/mol. The lowest BCUT2D eigenvalue weighted by molar-refractivity contribution is -0.118. The number of anilines is 1. The van der Waals surface area contributed by atoms with Crippen LogP contribution in [0.5, 0.6) is 5.75 Å². The number of hydrogen-bond acceptors (Lipinski definition) is 5. The third kappa shape index (κ3) is 4.47. The first-order chi connectivity index (χ1) is 14.9. The lowest BCUT2D eigenvalue weighted by atomic mass is 9.82. The predicted molar refractivity (Wildman–Crippen MR) is 112 cm³/mol. The Bertz CT molecular complexity index is 1040. The second kappa shape index (κ2) is 8.53. The Labute approximate surface area is 179 Å². The fraction of sp³-hybridized carbons (Fsp3) is 0.391. The molecule has 6 nitrogen and oxygen atoms in total. The smallest absolute Gasteiger partial charge is 0.264 e. The van der Waals surface area contributed by atoms with Gasteiger partial charge in [-0.1, -0.05) is 24.3 Å². The maximum Gasteiger partial charge on any atom is 0.264 e. The summed E-state index contributed by atoms with van der Waals surface area (Å²) in [5.41, 5.74) is 0.186. The molecule has 2 aromatic rings. The molecular formula is C23H24F2N4O2. The quantitative estimate of drug-likeness (QED) is 0.701. The number of carbonyl (C=O) groups excluding carboxylic acids is 1. The van der Waals surface area contributed by atoms with E-state index in [0.717, 1.165) is 12.1 Å². The Kier molecular flexibility index (Phi) is 5.80. The molecule has 31 heavy (non-hydrogen) atoms. The van der Waals surface area contributed by atoms with Crippen LogP contribution in [0.2, 0.25) is 0 Å². The summed E-state index contributed by atoms with van der Waals surface area (Å²) in [6.07, 6.45) is 9.91. The molecule has 3 atom stereocenters. The molecule has 162 valence electrons. The predicted octanol–water partition coefficient (Wildman–Crippen LogP) is 4.58. The van der Waals surface area contributed by atoms with Crippen LogP contribution in [0.25, 0.3) is 0 Å². The third-order valence-electron chi connectivity index (χ3n) is 5.99. The van der Waals surface area contributed by atoms with E-state index in [1.807, 2.05) is 26.0 Å². The zero-order valence-electron chi connectivity index (χ0n) is 17.4. The molecule has 0 aromatic carbocycles. The molecule has 0 bridgehead atoms. The van der Waals surface area contributed by atoms with Crippen LogP contribution >= 0.6 is 0 Å². The van der Waals surface area contributed by atoms with Crippen molar-refractivity contribution >= 4 is 11.7 Å². The fourth-order valence-corrected chi connectivity index (χ4v) is 4.15. The van der Waals surface area contributed by atoms with Crippen molar-refractivity contribution in [2.24, 2.45) is 17.3 Å². The van der Waals surface area contributed by atoms with Crippen LogP contribution < -0.4 is 10.1 Å². The van der Waals surface area contributed by atoms with E-state index in [2.05, 4.69) is 32.4 Å². The van der Waals surface area contributed by atoms with Gasteiger partial charge in [-0.05, 0) is 44.7 Å². The molecule has 1 saturated carbocycles. The topological polar surface area (TPSA) is 77.0 Å². The highest BCUT2D eigenvalue weighted by atomic mass is 19.3. The summed E-state index contributed by atoms with van der Waals surface area (Å²) in [6, 6.07) is 2.44. The summed E-state index contributed by atoms with van der Waals surface area (Å²) in [5.74, 6) is 0.992. The van der Waals surface area contributed by atoms with Crippen LogP contribution in [0.3, 0.4) is 0 Å². The van der Waals surface area contributed by atoms with Gasteiger partial charge in [0.25, 0.3) is 6.43 Å². The molecule has 1 fully saturated rings. The van der Waals surface area contributed by atoms with Crippen LogP contribution in [0.1, 0.15) is 36.3 Å². The number of pyridine rings is 1. The van der Waals surface area contributed by atoms with Crippen LogP contribution in [-0.2, 0) is 4.79 Å². The van der Waals surface area contributed by atoms with E-state index in [0.29, 0.717) is 24.6 Å². The molecule has 1 N–H and O–H groups in total. The minimum absolute atomic E-state index is 0.131. The first-order valence-corrected chi connectivity index (χ1v) is 10.2. The van der Waals surface area contributed by atoms with E-state index in [4.69, 9.17) is 4.74 Å². The number of hydrogen-bond donors (Lipinski definition) is 1. The van der Waals surface area contributed by atoms with E-state index in [-0.39, 0.29) is 34.5 Å². The van der Waals surface area contributed by atoms with Crippen molar-refractivity contribution in [3.8, 4) is 5.75 Å². The number of aromatic nitrogens is 3. The van der Waals surface area contributed by atoms with Crippen molar-refractivity contribution in [2.75, 3.05) is 11.9 Å². The highest BCUT2D eigenvalue weighted by Crippen LogP contribution is 2.60. The average Bonchev–Trinajstić information content (AvgIpc) is 3.50. The molecule has 0 saturated heterocycles. The van der Waals surface area contributed by atoms with Crippen molar-refractivity contribution in [3.05, 3.63) is 65.9 Å². The highest BCUT2D eigenvalue weighted by Gasteiger charge is 2.62. The molecule has 0 spiro atoms. The Morgan fingerprint density at radius 3 is 2.87 bits per heavy atom. The van der Waals surface area contributed by atoms with Gasteiger partial charge in [-0.2, -0.15) is 0 Å². The Morgan fingerprint density at radius 2 is 2.16 bits per heavy atom. The van der Waals surface area contributed by atoms with Crippen molar-refractivity contribution < 1.29 is 18.3 Å². The zero-order chi connectivity index (χ0) is 22.0. The number of rotatable bonds is 7. The molecule has 2 aliphatic rings. The molecule has 2 aliphatic carbocycles. The highest BCUT2D eigenvalue weighted by molar-refractivity contribution is 5.94. The summed E-state index contributed by atoms with van der Waals surface area (Å²) < 4.78 is 32.0. The maximum absolute atomic E-state index is 13.0. The van der Waals surface area contributed by atoms with Gasteiger partial charge in [0, 0.05) is 23.1 Å². The van der Waals surface area contributed by atoms with Gasteiger partial charge in [-0.3, -0.25) is 4.79 Å². The summed E-state index contributed by atoms with van der Waals surface area (Å²) in [7, 11) is 0. The van der Waals surface area contributed by atoms with Crippen molar-refractivity contribution in [3.63, 3.8) is 0 Å². The first-order valence-electron chi connectivity index (χ1n) is 10.2. The lowest BCUT2D eigenvalue weighted by Gasteiger charge is -2.26. The van der Waals surface area contributed by atoms with E-state index in [9.17, 15) is 13.6 Å². The normalized spacial score (nSPS) is 24.3. The number of ether oxygens (including phenoxy) is 1. The number of nitrogens with zero attached hydrogens (tertiary/aromatic N) is 3. The summed E-state index contributed by atoms with van der Waals surface area (Å²) >= 11 is 0. The van der Waals surface area contributed by atoms with Crippen molar-refractivity contribution in [1.29, 1.82) is 0 Å². The largest absolute Gasteiger partial charge is 0.489 e. The SMILES string of the molecule is Cc1ncc(OC[C@@]2(C3C=CC=CC3)C[C@H]2C(=O)Nc2cc(C(F)F)ccn2)c(C)n1. The zero-order valence-corrected chi connectivity index (χ0v) is 17.4. The molecular weight excluding hydrogens is 402 g/mol.